The van der Waals surface area contributed by atoms with Crippen LogP contribution < -0.4 is 10.6 Å². The first-order valence-corrected chi connectivity index (χ1v) is 12.0. The molecule has 2 heterocycles. The molecule has 3 N–H and O–H groups in total. The van der Waals surface area contributed by atoms with Crippen LogP contribution in [0.3, 0.4) is 0 Å². The maximum atomic E-state index is 13.8. The molecule has 0 radical (unpaired) electrons. The zero-order valence-electron chi connectivity index (χ0n) is 21.0. The summed E-state index contributed by atoms with van der Waals surface area (Å²) in [5, 5.41) is 16.0. The number of carboxylic acid groups (broad SMARTS) is 1. The molecule has 9 nitrogen and oxygen atoms in total. The van der Waals surface area contributed by atoms with Gasteiger partial charge in [0.15, 0.2) is 0 Å². The standard InChI is InChI=1S/C24H41N5O4/c1-7-33-10-8-9-26-20-19(14-27-23(28-20)24(4,5)6)21(30)29(15-16(2)3)18-11-17(22(31)32)12-25-13-18/h14,16-18,25H,7-13,15H2,1-6H3,(H,31,32)(H,26,27,28)/t17-,18+/m0/s1. The Kier molecular flexibility index (Phi) is 10.0. The predicted octanol–water partition coefficient (Wildman–Crippen LogP) is 2.77. The molecule has 0 aliphatic carbocycles. The molecule has 2 rings (SSSR count). The quantitative estimate of drug-likeness (QED) is 0.429. The topological polar surface area (TPSA) is 117 Å². The van der Waals surface area contributed by atoms with Crippen LogP contribution in [0.25, 0.3) is 0 Å². The summed E-state index contributed by atoms with van der Waals surface area (Å²) in [5.41, 5.74) is 0.153. The fourth-order valence-electron chi connectivity index (χ4n) is 3.85. The second-order valence-corrected chi connectivity index (χ2v) is 10.1. The third kappa shape index (κ3) is 7.92. The van der Waals surface area contributed by atoms with Gasteiger partial charge >= 0.3 is 5.97 Å². The number of amides is 1. The molecule has 186 valence electrons. The lowest BCUT2D eigenvalue weighted by Gasteiger charge is -2.38. The maximum Gasteiger partial charge on any atom is 0.307 e. The Morgan fingerprint density at radius 3 is 2.67 bits per heavy atom. The first-order valence-electron chi connectivity index (χ1n) is 12.0. The number of carboxylic acids is 1. The first kappa shape index (κ1) is 27.0. The number of rotatable bonds is 11. The normalized spacial score (nSPS) is 18.9. The van der Waals surface area contributed by atoms with Crippen LogP contribution in [-0.2, 0) is 14.9 Å². The highest BCUT2D eigenvalue weighted by Crippen LogP contribution is 2.25. The van der Waals surface area contributed by atoms with E-state index in [0.717, 1.165) is 6.42 Å². The Morgan fingerprint density at radius 1 is 1.33 bits per heavy atom. The van der Waals surface area contributed by atoms with Crippen LogP contribution >= 0.6 is 0 Å². The van der Waals surface area contributed by atoms with Crippen molar-refractivity contribution < 1.29 is 19.4 Å². The molecule has 1 aliphatic heterocycles. The average Bonchev–Trinajstić information content (AvgIpc) is 2.76. The SMILES string of the molecule is CCOCCCNc1nc(C(C)(C)C)ncc1C(=O)N(CC(C)C)[C@H]1CNC[C@@H](C(=O)O)C1. The summed E-state index contributed by atoms with van der Waals surface area (Å²) in [5.74, 6) is -0.109. The van der Waals surface area contributed by atoms with Crippen molar-refractivity contribution in [2.75, 3.05) is 44.7 Å². The Morgan fingerprint density at radius 2 is 2.06 bits per heavy atom. The lowest BCUT2D eigenvalue weighted by molar-refractivity contribution is -0.142. The summed E-state index contributed by atoms with van der Waals surface area (Å²) in [4.78, 5) is 36.4. The lowest BCUT2D eigenvalue weighted by atomic mass is 9.93. The molecular formula is C24H41N5O4. The summed E-state index contributed by atoms with van der Waals surface area (Å²) in [6.07, 6.45) is 2.83. The number of aliphatic carboxylic acids is 1. The first-order chi connectivity index (χ1) is 15.5. The number of carbonyl (C=O) groups excluding carboxylic acids is 1. The fraction of sp³-hybridized carbons (Fsp3) is 0.750. The zero-order chi connectivity index (χ0) is 24.6. The van der Waals surface area contributed by atoms with Crippen molar-refractivity contribution in [2.45, 2.75) is 65.8 Å². The van der Waals surface area contributed by atoms with E-state index >= 15 is 0 Å². The summed E-state index contributed by atoms with van der Waals surface area (Å²) < 4.78 is 5.41. The molecule has 0 aromatic carbocycles. The van der Waals surface area contributed by atoms with E-state index in [0.29, 0.717) is 63.0 Å². The highest BCUT2D eigenvalue weighted by Gasteiger charge is 2.34. The summed E-state index contributed by atoms with van der Waals surface area (Å²) in [6.45, 7) is 15.6. The van der Waals surface area contributed by atoms with Crippen LogP contribution in [0, 0.1) is 11.8 Å². The van der Waals surface area contributed by atoms with E-state index in [1.165, 1.54) is 0 Å². The molecule has 1 amide bonds. The van der Waals surface area contributed by atoms with Gasteiger partial charge in [-0.05, 0) is 25.7 Å². The minimum atomic E-state index is -0.835. The van der Waals surface area contributed by atoms with Gasteiger partial charge < -0.3 is 25.4 Å². The molecular weight excluding hydrogens is 422 g/mol. The van der Waals surface area contributed by atoms with Gasteiger partial charge in [0.1, 0.15) is 17.2 Å². The van der Waals surface area contributed by atoms with Crippen LogP contribution in [0.4, 0.5) is 5.82 Å². The van der Waals surface area contributed by atoms with E-state index in [1.807, 2.05) is 27.7 Å². The van der Waals surface area contributed by atoms with Crippen molar-refractivity contribution in [3.8, 4) is 0 Å². The number of carbonyl (C=O) groups is 2. The van der Waals surface area contributed by atoms with Crippen molar-refractivity contribution in [3.63, 3.8) is 0 Å². The van der Waals surface area contributed by atoms with Gasteiger partial charge in [-0.3, -0.25) is 9.59 Å². The van der Waals surface area contributed by atoms with Crippen molar-refractivity contribution in [1.29, 1.82) is 0 Å². The second-order valence-electron chi connectivity index (χ2n) is 10.1. The Bertz CT molecular complexity index is 794. The summed E-state index contributed by atoms with van der Waals surface area (Å²) in [6, 6.07) is -0.206. The number of hydrogen-bond donors (Lipinski definition) is 3. The van der Waals surface area contributed by atoms with Crippen LogP contribution in [-0.4, -0.2) is 77.3 Å². The molecule has 1 aliphatic rings. The van der Waals surface area contributed by atoms with Gasteiger partial charge in [0.05, 0.1) is 5.92 Å². The number of anilines is 1. The van der Waals surface area contributed by atoms with Gasteiger partial charge in [0.25, 0.3) is 5.91 Å². The van der Waals surface area contributed by atoms with Crippen LogP contribution in [0.5, 0.6) is 0 Å². The average molecular weight is 464 g/mol. The monoisotopic (exact) mass is 463 g/mol. The highest BCUT2D eigenvalue weighted by atomic mass is 16.5. The number of piperidine rings is 1. The van der Waals surface area contributed by atoms with Gasteiger partial charge in [-0.1, -0.05) is 34.6 Å². The molecule has 0 bridgehead atoms. The van der Waals surface area contributed by atoms with Crippen molar-refractivity contribution in [1.82, 2.24) is 20.2 Å². The minimum absolute atomic E-state index is 0.172. The third-order valence-corrected chi connectivity index (χ3v) is 5.59. The predicted molar refractivity (Wildman–Crippen MR) is 129 cm³/mol. The fourth-order valence-corrected chi connectivity index (χ4v) is 3.85. The van der Waals surface area contributed by atoms with Crippen LogP contribution in [0.15, 0.2) is 6.20 Å². The van der Waals surface area contributed by atoms with E-state index in [1.54, 1.807) is 11.1 Å². The molecule has 0 unspecified atom stereocenters. The molecule has 33 heavy (non-hydrogen) atoms. The van der Waals surface area contributed by atoms with Crippen molar-refractivity contribution >= 4 is 17.7 Å². The number of nitrogens with one attached hydrogen (secondary N) is 2. The minimum Gasteiger partial charge on any atom is -0.481 e. The largest absolute Gasteiger partial charge is 0.481 e. The zero-order valence-corrected chi connectivity index (χ0v) is 21.0. The number of ether oxygens (including phenoxy) is 1. The van der Waals surface area contributed by atoms with E-state index in [9.17, 15) is 14.7 Å². The van der Waals surface area contributed by atoms with Gasteiger partial charge in [-0.2, -0.15) is 0 Å². The molecule has 0 saturated carbocycles. The van der Waals surface area contributed by atoms with E-state index in [-0.39, 0.29) is 23.3 Å². The van der Waals surface area contributed by atoms with Crippen molar-refractivity contribution in [3.05, 3.63) is 17.6 Å². The number of aromatic nitrogens is 2. The maximum absolute atomic E-state index is 13.8. The number of nitrogens with zero attached hydrogens (tertiary/aromatic N) is 3. The number of hydrogen-bond acceptors (Lipinski definition) is 7. The van der Waals surface area contributed by atoms with Gasteiger partial charge in [0, 0.05) is 57.0 Å². The molecule has 2 atom stereocenters. The van der Waals surface area contributed by atoms with Crippen LogP contribution in [0.1, 0.15) is 70.6 Å². The van der Waals surface area contributed by atoms with E-state index in [4.69, 9.17) is 9.72 Å². The summed E-state index contributed by atoms with van der Waals surface area (Å²) in [7, 11) is 0. The van der Waals surface area contributed by atoms with Crippen molar-refractivity contribution in [2.24, 2.45) is 11.8 Å². The molecule has 1 fully saturated rings. The van der Waals surface area contributed by atoms with Gasteiger partial charge in [-0.15, -0.1) is 0 Å². The molecule has 0 spiro atoms. The third-order valence-electron chi connectivity index (χ3n) is 5.59. The Hall–Kier alpha value is -2.26. The Balaban J connectivity index is 2.33. The highest BCUT2D eigenvalue weighted by molar-refractivity contribution is 5.98. The van der Waals surface area contributed by atoms with Gasteiger partial charge in [-0.25, -0.2) is 9.97 Å². The van der Waals surface area contributed by atoms with Gasteiger partial charge in [0.2, 0.25) is 0 Å². The smallest absolute Gasteiger partial charge is 0.307 e. The molecule has 1 aromatic heterocycles. The molecule has 1 saturated heterocycles. The second kappa shape index (κ2) is 12.3. The molecule has 1 aromatic rings. The summed E-state index contributed by atoms with van der Waals surface area (Å²) >= 11 is 0. The molecule has 9 heteroatoms. The Labute approximate surface area is 197 Å². The lowest BCUT2D eigenvalue weighted by Crippen LogP contribution is -2.53. The van der Waals surface area contributed by atoms with Crippen LogP contribution in [0.2, 0.25) is 0 Å². The van der Waals surface area contributed by atoms with E-state index in [2.05, 4.69) is 29.5 Å². The van der Waals surface area contributed by atoms with E-state index < -0.39 is 11.9 Å².